The number of nitrogens with zero attached hydrogens (tertiary/aromatic N) is 3. The molecule has 2 heterocycles. The molecule has 1 fully saturated rings. The van der Waals surface area contributed by atoms with Crippen molar-refractivity contribution < 1.29 is 9.32 Å². The van der Waals surface area contributed by atoms with E-state index in [1.54, 1.807) is 0 Å². The molecule has 0 N–H and O–H groups in total. The lowest BCUT2D eigenvalue weighted by atomic mass is 9.94. The normalized spacial score (nSPS) is 17.6. The van der Waals surface area contributed by atoms with Crippen molar-refractivity contribution in [3.05, 3.63) is 71.6 Å². The van der Waals surface area contributed by atoms with Crippen LogP contribution >= 0.6 is 0 Å². The number of benzene rings is 2. The lowest BCUT2D eigenvalue weighted by Gasteiger charge is -2.26. The largest absolute Gasteiger partial charge is 0.337 e. The molecule has 5 nitrogen and oxygen atoms in total. The maximum atomic E-state index is 13.3. The van der Waals surface area contributed by atoms with Crippen LogP contribution in [0, 0.1) is 6.92 Å². The van der Waals surface area contributed by atoms with E-state index >= 15 is 0 Å². The average Bonchev–Trinajstić information content (AvgIpc) is 3.39. The summed E-state index contributed by atoms with van der Waals surface area (Å²) in [4.78, 5) is 19.9. The van der Waals surface area contributed by atoms with Gasteiger partial charge in [0, 0.05) is 12.1 Å². The molecule has 5 heteroatoms. The number of aromatic nitrogens is 2. The molecule has 2 aromatic carbocycles. The first-order valence-corrected chi connectivity index (χ1v) is 9.93. The fourth-order valence-electron chi connectivity index (χ4n) is 4.00. The van der Waals surface area contributed by atoms with E-state index in [1.807, 2.05) is 66.4 Å². The van der Waals surface area contributed by atoms with Gasteiger partial charge in [0.05, 0.1) is 5.92 Å². The number of likely N-dealkylation sites (tertiary alicyclic amines) is 1. The molecule has 0 aliphatic carbocycles. The highest BCUT2D eigenvalue weighted by molar-refractivity contribution is 5.84. The summed E-state index contributed by atoms with van der Waals surface area (Å²) < 4.78 is 5.59. The average molecular weight is 375 g/mol. The van der Waals surface area contributed by atoms with E-state index in [2.05, 4.69) is 17.1 Å². The van der Waals surface area contributed by atoms with Crippen LogP contribution in [0.15, 0.2) is 59.1 Å². The van der Waals surface area contributed by atoms with Crippen LogP contribution in [0.2, 0.25) is 0 Å². The molecule has 1 aromatic heterocycles. The van der Waals surface area contributed by atoms with E-state index in [1.165, 1.54) is 0 Å². The van der Waals surface area contributed by atoms with Crippen LogP contribution in [0.25, 0.3) is 11.4 Å². The van der Waals surface area contributed by atoms with Crippen molar-refractivity contribution in [2.45, 2.75) is 45.1 Å². The summed E-state index contributed by atoms with van der Waals surface area (Å²) in [5.41, 5.74) is 3.14. The van der Waals surface area contributed by atoms with Gasteiger partial charge in [-0.05, 0) is 37.8 Å². The molecule has 0 saturated carbocycles. The van der Waals surface area contributed by atoms with Crippen LogP contribution in [0.3, 0.4) is 0 Å². The predicted octanol–water partition coefficient (Wildman–Crippen LogP) is 4.90. The summed E-state index contributed by atoms with van der Waals surface area (Å²) >= 11 is 0. The van der Waals surface area contributed by atoms with Crippen molar-refractivity contribution in [3.63, 3.8) is 0 Å². The fraction of sp³-hybridized carbons (Fsp3) is 0.348. The van der Waals surface area contributed by atoms with E-state index < -0.39 is 0 Å². The minimum atomic E-state index is -0.142. The van der Waals surface area contributed by atoms with Gasteiger partial charge in [-0.1, -0.05) is 66.2 Å². The Morgan fingerprint density at radius 1 is 1.21 bits per heavy atom. The molecule has 28 heavy (non-hydrogen) atoms. The third kappa shape index (κ3) is 3.57. The maximum absolute atomic E-state index is 13.3. The summed E-state index contributed by atoms with van der Waals surface area (Å²) in [6.45, 7) is 4.83. The van der Waals surface area contributed by atoms with Crippen molar-refractivity contribution >= 4 is 5.91 Å². The minimum absolute atomic E-state index is 0.138. The number of hydrogen-bond acceptors (Lipinski definition) is 4. The molecule has 0 bridgehead atoms. The van der Waals surface area contributed by atoms with E-state index in [9.17, 15) is 4.79 Å². The Labute approximate surface area is 165 Å². The zero-order valence-electron chi connectivity index (χ0n) is 16.3. The zero-order valence-corrected chi connectivity index (χ0v) is 16.3. The Hall–Kier alpha value is -2.95. The van der Waals surface area contributed by atoms with Gasteiger partial charge in [0.1, 0.15) is 6.04 Å². The van der Waals surface area contributed by atoms with Crippen LogP contribution in [0.5, 0.6) is 0 Å². The highest BCUT2D eigenvalue weighted by Crippen LogP contribution is 2.35. The molecular weight excluding hydrogens is 350 g/mol. The van der Waals surface area contributed by atoms with Crippen LogP contribution < -0.4 is 0 Å². The molecule has 4 rings (SSSR count). The first-order valence-electron chi connectivity index (χ1n) is 9.93. The van der Waals surface area contributed by atoms with Crippen LogP contribution in [-0.4, -0.2) is 27.5 Å². The lowest BCUT2D eigenvalue weighted by molar-refractivity contribution is -0.134. The van der Waals surface area contributed by atoms with Crippen molar-refractivity contribution in [2.24, 2.45) is 0 Å². The van der Waals surface area contributed by atoms with Crippen LogP contribution in [0.1, 0.15) is 55.2 Å². The number of hydrogen-bond donors (Lipinski definition) is 0. The molecule has 1 aliphatic heterocycles. The summed E-state index contributed by atoms with van der Waals surface area (Å²) in [6.07, 6.45) is 2.57. The second-order valence-electron chi connectivity index (χ2n) is 7.39. The van der Waals surface area contributed by atoms with E-state index in [-0.39, 0.29) is 17.9 Å². The van der Waals surface area contributed by atoms with Gasteiger partial charge in [0.2, 0.25) is 17.6 Å². The van der Waals surface area contributed by atoms with Gasteiger partial charge in [0.25, 0.3) is 0 Å². The predicted molar refractivity (Wildman–Crippen MR) is 108 cm³/mol. The molecule has 2 atom stereocenters. The van der Waals surface area contributed by atoms with Gasteiger partial charge < -0.3 is 9.42 Å². The molecule has 1 amide bonds. The zero-order chi connectivity index (χ0) is 19.5. The Balaban J connectivity index is 1.58. The van der Waals surface area contributed by atoms with E-state index in [4.69, 9.17) is 4.52 Å². The molecule has 0 spiro atoms. The van der Waals surface area contributed by atoms with Crippen LogP contribution in [0.4, 0.5) is 0 Å². The summed E-state index contributed by atoms with van der Waals surface area (Å²) in [7, 11) is 0. The smallest absolute Gasteiger partial charge is 0.249 e. The second kappa shape index (κ2) is 7.97. The summed E-state index contributed by atoms with van der Waals surface area (Å²) in [6, 6.07) is 17.9. The molecular formula is C23H25N3O2. The van der Waals surface area contributed by atoms with Crippen molar-refractivity contribution in [2.75, 3.05) is 6.54 Å². The number of carbonyl (C=O) groups excluding carboxylic acids is 1. The third-order valence-electron chi connectivity index (χ3n) is 5.45. The Bertz CT molecular complexity index is 951. The maximum Gasteiger partial charge on any atom is 0.249 e. The Morgan fingerprint density at radius 2 is 2.04 bits per heavy atom. The summed E-state index contributed by atoms with van der Waals surface area (Å²) in [5.74, 6) is 1.12. The number of amides is 1. The SMILES string of the molecule is CCC(C(=O)N1CCCC1c1nc(-c2cccc(C)c2)no1)c1ccccc1. The molecule has 144 valence electrons. The molecule has 3 aromatic rings. The van der Waals surface area contributed by atoms with Crippen molar-refractivity contribution in [1.82, 2.24) is 15.0 Å². The number of carbonyl (C=O) groups is 1. The van der Waals surface area contributed by atoms with Gasteiger partial charge in [-0.15, -0.1) is 0 Å². The Kier molecular flexibility index (Phi) is 5.24. The topological polar surface area (TPSA) is 59.2 Å². The van der Waals surface area contributed by atoms with E-state index in [0.29, 0.717) is 11.7 Å². The molecule has 0 radical (unpaired) electrons. The first-order chi connectivity index (χ1) is 13.7. The van der Waals surface area contributed by atoms with Crippen molar-refractivity contribution in [3.8, 4) is 11.4 Å². The van der Waals surface area contributed by atoms with Crippen molar-refractivity contribution in [1.29, 1.82) is 0 Å². The van der Waals surface area contributed by atoms with Gasteiger partial charge in [-0.25, -0.2) is 0 Å². The molecule has 1 saturated heterocycles. The van der Waals surface area contributed by atoms with Gasteiger partial charge in [-0.2, -0.15) is 4.98 Å². The van der Waals surface area contributed by atoms with Gasteiger partial charge in [0.15, 0.2) is 0 Å². The third-order valence-corrected chi connectivity index (χ3v) is 5.45. The highest BCUT2D eigenvalue weighted by Gasteiger charge is 2.37. The standard InChI is InChI=1S/C23H25N3O2/c1-3-19(17-10-5-4-6-11-17)23(27)26-14-8-13-20(26)22-24-21(25-28-22)18-12-7-9-16(2)15-18/h4-7,9-12,15,19-20H,3,8,13-14H2,1-2H3. The van der Waals surface area contributed by atoms with Gasteiger partial charge in [-0.3, -0.25) is 4.79 Å². The first kappa shape index (κ1) is 18.4. The summed E-state index contributed by atoms with van der Waals surface area (Å²) in [5, 5.41) is 4.17. The Morgan fingerprint density at radius 3 is 2.79 bits per heavy atom. The quantitative estimate of drug-likeness (QED) is 0.636. The molecule has 2 unspecified atom stereocenters. The minimum Gasteiger partial charge on any atom is -0.337 e. The van der Waals surface area contributed by atoms with E-state index in [0.717, 1.165) is 42.5 Å². The number of aryl methyl sites for hydroxylation is 1. The highest BCUT2D eigenvalue weighted by atomic mass is 16.5. The monoisotopic (exact) mass is 375 g/mol. The van der Waals surface area contributed by atoms with Gasteiger partial charge >= 0.3 is 0 Å². The lowest BCUT2D eigenvalue weighted by Crippen LogP contribution is -2.34. The molecule has 1 aliphatic rings. The second-order valence-corrected chi connectivity index (χ2v) is 7.39. The number of rotatable bonds is 5. The van der Waals surface area contributed by atoms with Crippen LogP contribution in [-0.2, 0) is 4.79 Å². The fourth-order valence-corrected chi connectivity index (χ4v) is 4.00.